The second-order valence-electron chi connectivity index (χ2n) is 11.0. The second-order valence-corrected chi connectivity index (χ2v) is 12.3. The number of methoxy groups -OCH3 is 2. The predicted molar refractivity (Wildman–Crippen MR) is 190 cm³/mol. The van der Waals surface area contributed by atoms with Gasteiger partial charge < -0.3 is 19.3 Å². The fraction of sp³-hybridized carbons (Fsp3) is 1.00. The molecule has 0 aromatic rings. The first kappa shape index (κ1) is 48.3. The van der Waals surface area contributed by atoms with Gasteiger partial charge in [-0.2, -0.15) is 4.83 Å². The van der Waals surface area contributed by atoms with Crippen molar-refractivity contribution in [1.82, 2.24) is 10.4 Å². The first-order chi connectivity index (χ1) is 21.5. The van der Waals surface area contributed by atoms with Crippen LogP contribution in [-0.4, -0.2) is 75.2 Å². The summed E-state index contributed by atoms with van der Waals surface area (Å²) in [7, 11) is 9.05. The van der Waals surface area contributed by atoms with Gasteiger partial charge in [0.15, 0.2) is 0 Å². The largest absolute Gasteiger partial charge is 0.388 e. The van der Waals surface area contributed by atoms with Crippen molar-refractivity contribution in [1.29, 1.82) is 0 Å². The van der Waals surface area contributed by atoms with E-state index in [2.05, 4.69) is 22.2 Å². The molecule has 0 saturated carbocycles. The number of hydrogen-bond donors (Lipinski definition) is 3. The van der Waals surface area contributed by atoms with Gasteiger partial charge in [0.1, 0.15) is 37.1 Å². The number of aliphatic hydroxyl groups excluding tert-OH is 1. The quantitative estimate of drug-likeness (QED) is 0.0470. The molecule has 0 aliphatic carbocycles. The summed E-state index contributed by atoms with van der Waals surface area (Å²) in [5.41, 5.74) is 2.41. The zero-order valence-corrected chi connectivity index (χ0v) is 31.2. The predicted octanol–water partition coefficient (Wildman–Crippen LogP) is 8.08. The molecular formula is C34H75BN2O6S. The molecule has 3 N–H and O–H groups in total. The average molecular weight is 651 g/mol. The molecule has 1 aliphatic rings. The van der Waals surface area contributed by atoms with Crippen LogP contribution < -0.4 is 10.4 Å². The number of rotatable bonds is 27. The minimum atomic E-state index is -1.03. The van der Waals surface area contributed by atoms with Crippen molar-refractivity contribution in [3.8, 4) is 0 Å². The van der Waals surface area contributed by atoms with Crippen LogP contribution in [0.15, 0.2) is 0 Å². The summed E-state index contributed by atoms with van der Waals surface area (Å²) in [5, 5.41) is 9.54. The molecule has 1 aliphatic heterocycles. The van der Waals surface area contributed by atoms with E-state index in [1.54, 1.807) is 7.11 Å². The van der Waals surface area contributed by atoms with Gasteiger partial charge in [-0.3, -0.25) is 4.84 Å². The molecule has 5 atom stereocenters. The van der Waals surface area contributed by atoms with Crippen LogP contribution in [0.4, 0.5) is 0 Å². The summed E-state index contributed by atoms with van der Waals surface area (Å²) in [6.45, 7) is 10.6. The molecule has 0 amide bonds. The molecule has 0 aromatic heterocycles. The Kier molecular flexibility index (Phi) is 45.0. The van der Waals surface area contributed by atoms with Crippen LogP contribution in [0.5, 0.6) is 0 Å². The van der Waals surface area contributed by atoms with Crippen molar-refractivity contribution in [3.05, 3.63) is 0 Å². The van der Waals surface area contributed by atoms with Crippen LogP contribution in [0.1, 0.15) is 163 Å². The average Bonchev–Trinajstić information content (AvgIpc) is 3.32. The molecule has 1 fully saturated rings. The van der Waals surface area contributed by atoms with Crippen molar-refractivity contribution in [2.45, 2.75) is 187 Å². The first-order valence-corrected chi connectivity index (χ1v) is 19.4. The van der Waals surface area contributed by atoms with E-state index in [0.29, 0.717) is 12.4 Å². The Morgan fingerprint density at radius 1 is 0.705 bits per heavy atom. The Morgan fingerprint density at radius 2 is 1.09 bits per heavy atom. The van der Waals surface area contributed by atoms with Crippen LogP contribution in [0.3, 0.4) is 0 Å². The Morgan fingerprint density at radius 3 is 1.41 bits per heavy atom. The molecular weight excluding hydrogens is 575 g/mol. The number of nitrogens with one attached hydrogen (secondary N) is 2. The van der Waals surface area contributed by atoms with Gasteiger partial charge in [-0.05, 0) is 6.42 Å². The van der Waals surface area contributed by atoms with Crippen molar-refractivity contribution < 1.29 is 28.4 Å². The van der Waals surface area contributed by atoms with Gasteiger partial charge in [0.2, 0.25) is 0 Å². The first-order valence-electron chi connectivity index (χ1n) is 18.0. The highest BCUT2D eigenvalue weighted by molar-refractivity contribution is 7.82. The summed E-state index contributed by atoms with van der Waals surface area (Å²) in [5.74, 6) is 0.690. The van der Waals surface area contributed by atoms with Gasteiger partial charge in [-0.25, -0.2) is 4.21 Å². The monoisotopic (exact) mass is 651 g/mol. The molecule has 266 valence electrons. The minimum absolute atomic E-state index is 0.328. The number of hydrogen-bond acceptors (Lipinski definition) is 7. The molecule has 8 nitrogen and oxygen atoms in total. The molecule has 1 heterocycles. The maximum atomic E-state index is 11.5. The zero-order valence-electron chi connectivity index (χ0n) is 30.3. The Balaban J connectivity index is -0.000000865. The lowest BCUT2D eigenvalue weighted by Gasteiger charge is -2.16. The van der Waals surface area contributed by atoms with E-state index in [0.717, 1.165) is 6.42 Å². The third kappa shape index (κ3) is 31.9. The van der Waals surface area contributed by atoms with Crippen LogP contribution in [0, 0.1) is 0 Å². The number of hydrazine groups is 1. The zero-order chi connectivity index (χ0) is 33.7. The maximum Gasteiger partial charge on any atom is 0.112 e. The summed E-state index contributed by atoms with van der Waals surface area (Å²) >= 11 is 0. The molecule has 0 aromatic carbocycles. The van der Waals surface area contributed by atoms with E-state index in [4.69, 9.17) is 22.1 Å². The Bertz CT molecular complexity index is 554. The molecule has 0 bridgehead atoms. The summed E-state index contributed by atoms with van der Waals surface area (Å²) in [4.78, 5) is 7.20. The van der Waals surface area contributed by atoms with E-state index in [-0.39, 0.29) is 6.10 Å². The van der Waals surface area contributed by atoms with Crippen LogP contribution >= 0.6 is 0 Å². The SMILES string of the molecule is CC.CC.CCCCCCCCCCCCCCCCCCCCCCS(=O)NNOC.[B]C1OC(COC)C(O)C1OC. The molecule has 0 spiro atoms. The molecule has 1 saturated heterocycles. The Hall–Kier alpha value is -0.0651. The Labute approximate surface area is 278 Å². The van der Waals surface area contributed by atoms with E-state index in [1.807, 2.05) is 27.7 Å². The van der Waals surface area contributed by atoms with E-state index in [9.17, 15) is 9.32 Å². The van der Waals surface area contributed by atoms with E-state index >= 15 is 0 Å². The van der Waals surface area contributed by atoms with Crippen molar-refractivity contribution in [2.24, 2.45) is 0 Å². The molecule has 1 rings (SSSR count). The fourth-order valence-corrected chi connectivity index (χ4v) is 5.71. The maximum absolute atomic E-state index is 11.5. The highest BCUT2D eigenvalue weighted by atomic mass is 32.2. The third-order valence-corrected chi connectivity index (χ3v) is 8.39. The van der Waals surface area contributed by atoms with Crippen molar-refractivity contribution in [3.63, 3.8) is 0 Å². The topological polar surface area (TPSA) is 98.3 Å². The van der Waals surface area contributed by atoms with Crippen LogP contribution in [0.2, 0.25) is 0 Å². The van der Waals surface area contributed by atoms with Gasteiger partial charge in [0.25, 0.3) is 0 Å². The lowest BCUT2D eigenvalue weighted by molar-refractivity contribution is -0.0247. The van der Waals surface area contributed by atoms with Crippen molar-refractivity contribution >= 4 is 18.8 Å². The minimum Gasteiger partial charge on any atom is -0.388 e. The number of ether oxygens (including phenoxy) is 3. The lowest BCUT2D eigenvalue weighted by Crippen LogP contribution is -2.35. The normalized spacial score (nSPS) is 19.7. The van der Waals surface area contributed by atoms with E-state index < -0.39 is 29.2 Å². The summed E-state index contributed by atoms with van der Waals surface area (Å²) < 4.78 is 26.4. The molecule has 5 unspecified atom stereocenters. The summed E-state index contributed by atoms with van der Waals surface area (Å²) in [6, 6.07) is -0.565. The second kappa shape index (κ2) is 41.0. The van der Waals surface area contributed by atoms with Gasteiger partial charge >= 0.3 is 0 Å². The summed E-state index contributed by atoms with van der Waals surface area (Å²) in [6.07, 6.45) is 26.2. The standard InChI is InChI=1S/C23H50N2O2S.C7H13BO4.2C2H6/c1-3-4-5-6-7-8-9-10-11-12-13-14-15-16-17-18-19-20-21-22-23-28(26)25-24-27-2;1-10-3-4-5(9)6(11-2)7(8)12-4;2*1-2/h24-25H,3-23H2,1-2H3;4-7,9H,3H2,1-2H3;2*1-2H3. The lowest BCUT2D eigenvalue weighted by atomic mass is 9.93. The molecule has 2 radical (unpaired) electrons. The number of unbranched alkanes of at least 4 members (excludes halogenated alkanes) is 19. The van der Waals surface area contributed by atoms with Crippen LogP contribution in [-0.2, 0) is 30.0 Å². The number of aliphatic hydroxyl groups is 1. The van der Waals surface area contributed by atoms with Gasteiger partial charge in [0, 0.05) is 26.0 Å². The van der Waals surface area contributed by atoms with Crippen molar-refractivity contribution in [2.75, 3.05) is 33.7 Å². The molecule has 10 heteroatoms. The molecule has 44 heavy (non-hydrogen) atoms. The smallest absolute Gasteiger partial charge is 0.112 e. The van der Waals surface area contributed by atoms with Gasteiger partial charge in [-0.1, -0.05) is 157 Å². The van der Waals surface area contributed by atoms with Crippen LogP contribution in [0.25, 0.3) is 0 Å². The van der Waals surface area contributed by atoms with E-state index in [1.165, 1.54) is 136 Å². The highest BCUT2D eigenvalue weighted by Gasteiger charge is 2.40. The highest BCUT2D eigenvalue weighted by Crippen LogP contribution is 2.21. The van der Waals surface area contributed by atoms with Gasteiger partial charge in [0.05, 0.1) is 13.7 Å². The fourth-order valence-electron chi connectivity index (χ4n) is 4.97. The van der Waals surface area contributed by atoms with Gasteiger partial charge in [-0.15, -0.1) is 5.59 Å². The third-order valence-electron chi connectivity index (χ3n) is 7.42.